The standard InChI is InChI=1S/C19H13ClF2N2O2S.K/c1-10-14-4-3-13(26-19(25)18(21)22)7-16(14)24(23-10)8-11-9-27-17-5-2-12(20)6-15(11)17;/h2-7,9,18H,8H2,1H3;. The molecule has 0 aliphatic rings. The first-order valence-corrected chi connectivity index (χ1v) is 9.31. The molecule has 2 aromatic heterocycles. The number of halogens is 3. The number of aromatic nitrogens is 2. The van der Waals surface area contributed by atoms with Crippen molar-refractivity contribution in [3.05, 3.63) is 58.1 Å². The van der Waals surface area contributed by atoms with Crippen molar-refractivity contribution in [1.29, 1.82) is 0 Å². The number of carbonyl (C=O) groups excluding carboxylic acids is 1. The van der Waals surface area contributed by atoms with Crippen LogP contribution in [0, 0.1) is 6.92 Å². The summed E-state index contributed by atoms with van der Waals surface area (Å²) in [5, 5.41) is 9.17. The molecule has 0 N–H and O–H groups in total. The molecule has 1 radical (unpaired) electrons. The average molecular weight is 446 g/mol. The first-order valence-electron chi connectivity index (χ1n) is 8.05. The van der Waals surface area contributed by atoms with Gasteiger partial charge in [0.25, 0.3) is 0 Å². The summed E-state index contributed by atoms with van der Waals surface area (Å²) in [6.07, 6.45) is -3.17. The zero-order chi connectivity index (χ0) is 19.1. The van der Waals surface area contributed by atoms with Gasteiger partial charge in [0.2, 0.25) is 0 Å². The largest absolute Gasteiger partial charge is 0.422 e. The molecule has 2 heterocycles. The number of carbonyl (C=O) groups is 1. The molecule has 0 saturated carbocycles. The number of rotatable bonds is 4. The molecule has 0 atom stereocenters. The fourth-order valence-electron chi connectivity index (χ4n) is 3.00. The Bertz CT molecular complexity index is 1180. The zero-order valence-corrected chi connectivity index (χ0v) is 19.8. The summed E-state index contributed by atoms with van der Waals surface area (Å²) in [6, 6.07) is 10.5. The molecule has 0 aliphatic heterocycles. The zero-order valence-electron chi connectivity index (χ0n) is 15.1. The van der Waals surface area contributed by atoms with Crippen LogP contribution >= 0.6 is 22.9 Å². The van der Waals surface area contributed by atoms with E-state index >= 15 is 0 Å². The van der Waals surface area contributed by atoms with E-state index in [0.29, 0.717) is 17.1 Å². The van der Waals surface area contributed by atoms with Crippen molar-refractivity contribution < 1.29 is 18.3 Å². The van der Waals surface area contributed by atoms with E-state index in [9.17, 15) is 13.6 Å². The summed E-state index contributed by atoms with van der Waals surface area (Å²) < 4.78 is 32.5. The SMILES string of the molecule is Cc1nn(Cc2csc3ccc(Cl)cc23)c2cc(OC(=O)C(F)F)ccc12.[K]. The van der Waals surface area contributed by atoms with Gasteiger partial charge in [-0.15, -0.1) is 11.3 Å². The third-order valence-electron chi connectivity index (χ3n) is 4.24. The number of hydrogen-bond donors (Lipinski definition) is 0. The number of ether oxygens (including phenoxy) is 1. The number of hydrogen-bond acceptors (Lipinski definition) is 4. The fourth-order valence-corrected chi connectivity index (χ4v) is 4.11. The van der Waals surface area contributed by atoms with Gasteiger partial charge in [-0.25, -0.2) is 4.79 Å². The number of alkyl halides is 2. The number of aryl methyl sites for hydroxylation is 1. The van der Waals surface area contributed by atoms with Crippen molar-refractivity contribution in [3.63, 3.8) is 0 Å². The summed E-state index contributed by atoms with van der Waals surface area (Å²) in [4.78, 5) is 11.2. The second-order valence-corrected chi connectivity index (χ2v) is 7.39. The molecule has 0 saturated heterocycles. The molecule has 0 unspecified atom stereocenters. The van der Waals surface area contributed by atoms with Crippen LogP contribution in [0.1, 0.15) is 11.3 Å². The maximum atomic E-state index is 12.4. The predicted octanol–water partition coefficient (Wildman–Crippen LogP) is 5.05. The quantitative estimate of drug-likeness (QED) is 0.251. The topological polar surface area (TPSA) is 44.1 Å². The van der Waals surface area contributed by atoms with Crippen LogP contribution in [-0.4, -0.2) is 73.6 Å². The van der Waals surface area contributed by atoms with Crippen molar-refractivity contribution in [2.24, 2.45) is 0 Å². The van der Waals surface area contributed by atoms with Gasteiger partial charge < -0.3 is 4.74 Å². The van der Waals surface area contributed by atoms with Crippen molar-refractivity contribution in [2.45, 2.75) is 19.9 Å². The summed E-state index contributed by atoms with van der Waals surface area (Å²) in [5.41, 5.74) is 2.56. The number of esters is 1. The Morgan fingerprint density at radius 1 is 1.25 bits per heavy atom. The van der Waals surface area contributed by atoms with Crippen molar-refractivity contribution in [1.82, 2.24) is 9.78 Å². The molecule has 0 aliphatic carbocycles. The van der Waals surface area contributed by atoms with Gasteiger partial charge in [0, 0.05) is 72.6 Å². The van der Waals surface area contributed by atoms with Gasteiger partial charge in [-0.05, 0) is 53.6 Å². The molecular formula is C19H13ClF2KN2O2S. The summed E-state index contributed by atoms with van der Waals surface area (Å²) >= 11 is 7.73. The van der Waals surface area contributed by atoms with Gasteiger partial charge in [0.05, 0.1) is 17.8 Å². The minimum Gasteiger partial charge on any atom is -0.422 e. The van der Waals surface area contributed by atoms with Crippen LogP contribution in [0.4, 0.5) is 8.78 Å². The van der Waals surface area contributed by atoms with Crippen molar-refractivity contribution in [2.75, 3.05) is 0 Å². The normalized spacial score (nSPS) is 11.2. The number of thiophene rings is 1. The van der Waals surface area contributed by atoms with E-state index in [0.717, 1.165) is 26.7 Å². The van der Waals surface area contributed by atoms with Gasteiger partial charge in [0.1, 0.15) is 5.75 Å². The summed E-state index contributed by atoms with van der Waals surface area (Å²) in [5.74, 6) is -1.51. The van der Waals surface area contributed by atoms with Crippen LogP contribution in [0.5, 0.6) is 5.75 Å². The van der Waals surface area contributed by atoms with E-state index < -0.39 is 12.4 Å². The minimum atomic E-state index is -3.17. The van der Waals surface area contributed by atoms with Crippen LogP contribution in [0.2, 0.25) is 5.02 Å². The van der Waals surface area contributed by atoms with Crippen LogP contribution in [-0.2, 0) is 11.3 Å². The number of fused-ring (bicyclic) bond motifs is 2. The van der Waals surface area contributed by atoms with Crippen LogP contribution in [0.25, 0.3) is 21.0 Å². The van der Waals surface area contributed by atoms with E-state index in [2.05, 4.69) is 5.10 Å². The Balaban J connectivity index is 0.00000225. The Morgan fingerprint density at radius 3 is 2.79 bits per heavy atom. The van der Waals surface area contributed by atoms with E-state index in [4.69, 9.17) is 16.3 Å². The number of benzene rings is 2. The molecule has 0 spiro atoms. The second kappa shape index (κ2) is 8.87. The summed E-state index contributed by atoms with van der Waals surface area (Å²) in [7, 11) is 0. The third-order valence-corrected chi connectivity index (χ3v) is 5.49. The minimum absolute atomic E-state index is 0. The molecule has 0 bridgehead atoms. The number of nitrogens with zero attached hydrogens (tertiary/aromatic N) is 2. The first kappa shape index (κ1) is 21.8. The smallest absolute Gasteiger partial charge is 0.379 e. The Hall–Kier alpha value is -0.874. The molecule has 4 nitrogen and oxygen atoms in total. The molecule has 28 heavy (non-hydrogen) atoms. The van der Waals surface area contributed by atoms with Crippen LogP contribution in [0.15, 0.2) is 41.8 Å². The van der Waals surface area contributed by atoms with Gasteiger partial charge in [-0.3, -0.25) is 4.68 Å². The first-order chi connectivity index (χ1) is 12.9. The van der Waals surface area contributed by atoms with E-state index in [-0.39, 0.29) is 57.1 Å². The van der Waals surface area contributed by atoms with E-state index in [1.165, 1.54) is 6.07 Å². The second-order valence-electron chi connectivity index (χ2n) is 6.05. The molecule has 0 fully saturated rings. The van der Waals surface area contributed by atoms with Crippen molar-refractivity contribution in [3.8, 4) is 5.75 Å². The van der Waals surface area contributed by atoms with Gasteiger partial charge in [0.15, 0.2) is 0 Å². The predicted molar refractivity (Wildman–Crippen MR) is 108 cm³/mol. The third kappa shape index (κ3) is 4.33. The molecule has 2 aromatic carbocycles. The van der Waals surface area contributed by atoms with Crippen molar-refractivity contribution >= 4 is 101 Å². The Kier molecular flexibility index (Phi) is 6.91. The van der Waals surface area contributed by atoms with E-state index in [1.807, 2.05) is 30.5 Å². The molecule has 9 heteroatoms. The van der Waals surface area contributed by atoms with Gasteiger partial charge >= 0.3 is 12.4 Å². The fraction of sp³-hybridized carbons (Fsp3) is 0.158. The maximum absolute atomic E-state index is 12.4. The monoisotopic (exact) mass is 445 g/mol. The molecule has 139 valence electrons. The molecule has 4 rings (SSSR count). The molecule has 4 aromatic rings. The Labute approximate surface area is 210 Å². The molecule has 0 amide bonds. The van der Waals surface area contributed by atoms with Gasteiger partial charge in [-0.2, -0.15) is 13.9 Å². The van der Waals surface area contributed by atoms with Crippen LogP contribution in [0.3, 0.4) is 0 Å². The maximum Gasteiger partial charge on any atom is 0.379 e. The van der Waals surface area contributed by atoms with Crippen LogP contribution < -0.4 is 4.74 Å². The van der Waals surface area contributed by atoms with E-state index in [1.54, 1.807) is 28.2 Å². The Morgan fingerprint density at radius 2 is 2.04 bits per heavy atom. The summed E-state index contributed by atoms with van der Waals surface area (Å²) in [6.45, 7) is 2.35. The molecular weight excluding hydrogens is 433 g/mol. The van der Waals surface area contributed by atoms with Gasteiger partial charge in [-0.1, -0.05) is 11.6 Å². The average Bonchev–Trinajstić information content (AvgIpc) is 3.16.